The number of carbonyl (C=O) groups is 1. The molecule has 0 N–H and O–H groups in total. The highest BCUT2D eigenvalue weighted by atomic mass is 19.1. The van der Waals surface area contributed by atoms with Crippen molar-refractivity contribution in [1.29, 1.82) is 0 Å². The van der Waals surface area contributed by atoms with Crippen molar-refractivity contribution in [2.24, 2.45) is 4.99 Å². The summed E-state index contributed by atoms with van der Waals surface area (Å²) in [6.45, 7) is 5.94. The Bertz CT molecular complexity index is 1260. The van der Waals surface area contributed by atoms with Crippen molar-refractivity contribution in [2.75, 3.05) is 26.2 Å². The van der Waals surface area contributed by atoms with E-state index in [1.807, 2.05) is 44.2 Å². The van der Waals surface area contributed by atoms with Gasteiger partial charge in [-0.1, -0.05) is 17.7 Å². The number of fused-ring (bicyclic) bond motifs is 2. The number of nitrogens with zero attached hydrogens (tertiary/aromatic N) is 3. The lowest BCUT2D eigenvalue weighted by molar-refractivity contribution is 0.0691. The summed E-state index contributed by atoms with van der Waals surface area (Å²) in [4.78, 5) is 21.5. The molecule has 0 bridgehead atoms. The second-order valence-electron chi connectivity index (χ2n) is 8.45. The second-order valence-corrected chi connectivity index (χ2v) is 8.45. The topological polar surface area (TPSA) is 45.1 Å². The molecule has 2 heterocycles. The number of aliphatic imine (C=N–C) groups is 1. The highest BCUT2D eigenvalue weighted by Gasteiger charge is 2.28. The number of carbonyl (C=O) groups excluding carboxylic acids is 1. The van der Waals surface area contributed by atoms with Crippen LogP contribution in [0.25, 0.3) is 0 Å². The summed E-state index contributed by atoms with van der Waals surface area (Å²) in [5, 5.41) is 0. The molecule has 0 saturated carbocycles. The molecule has 0 unspecified atom stereocenters. The highest BCUT2D eigenvalue weighted by molar-refractivity contribution is 6.04. The molecule has 3 aromatic rings. The fraction of sp³-hybridized carbons (Fsp3) is 0.231. The van der Waals surface area contributed by atoms with E-state index in [-0.39, 0.29) is 11.5 Å². The maximum absolute atomic E-state index is 13.6. The van der Waals surface area contributed by atoms with Crippen LogP contribution in [0.3, 0.4) is 0 Å². The monoisotopic (exact) mass is 447 g/mol. The SMILES string of the molecule is Cc1ccc2c(c1)Oc1ccc(C)cc1C(N1CCN(C(=O)c3cc(F)cc(F)c3)CC1)=N2. The van der Waals surface area contributed by atoms with Gasteiger partial charge in [0.15, 0.2) is 5.75 Å². The van der Waals surface area contributed by atoms with Gasteiger partial charge in [0.25, 0.3) is 5.91 Å². The van der Waals surface area contributed by atoms with Crippen LogP contribution in [0, 0.1) is 25.5 Å². The molecule has 0 aromatic heterocycles. The molecular weight excluding hydrogens is 424 g/mol. The molecular formula is C26H23F2N3O2. The summed E-state index contributed by atoms with van der Waals surface area (Å²) in [6.07, 6.45) is 0. The average Bonchev–Trinajstić information content (AvgIpc) is 2.94. The van der Waals surface area contributed by atoms with Crippen LogP contribution in [0.15, 0.2) is 59.6 Å². The van der Waals surface area contributed by atoms with E-state index in [0.29, 0.717) is 31.9 Å². The van der Waals surface area contributed by atoms with Crippen LogP contribution in [0.5, 0.6) is 11.5 Å². The molecule has 33 heavy (non-hydrogen) atoms. The minimum atomic E-state index is -0.759. The predicted molar refractivity (Wildman–Crippen MR) is 122 cm³/mol. The Labute approximate surface area is 190 Å². The zero-order valence-electron chi connectivity index (χ0n) is 18.4. The number of hydrogen-bond acceptors (Lipinski definition) is 4. The smallest absolute Gasteiger partial charge is 0.254 e. The summed E-state index contributed by atoms with van der Waals surface area (Å²) in [7, 11) is 0. The van der Waals surface area contributed by atoms with Crippen LogP contribution in [0.1, 0.15) is 27.0 Å². The van der Waals surface area contributed by atoms with E-state index >= 15 is 0 Å². The molecule has 5 rings (SSSR count). The van der Waals surface area contributed by atoms with Gasteiger partial charge in [-0.25, -0.2) is 13.8 Å². The van der Waals surface area contributed by atoms with Crippen molar-refractivity contribution in [2.45, 2.75) is 13.8 Å². The maximum Gasteiger partial charge on any atom is 0.254 e. The highest BCUT2D eigenvalue weighted by Crippen LogP contribution is 2.39. The Morgan fingerprint density at radius 2 is 1.52 bits per heavy atom. The van der Waals surface area contributed by atoms with E-state index in [1.165, 1.54) is 0 Å². The molecule has 5 nitrogen and oxygen atoms in total. The summed E-state index contributed by atoms with van der Waals surface area (Å²) < 4.78 is 33.4. The Kier molecular flexibility index (Phi) is 5.32. The number of rotatable bonds is 1. The van der Waals surface area contributed by atoms with Gasteiger partial charge in [0, 0.05) is 37.8 Å². The van der Waals surface area contributed by atoms with Gasteiger partial charge < -0.3 is 14.5 Å². The number of piperazine rings is 1. The molecule has 0 aliphatic carbocycles. The Balaban J connectivity index is 1.43. The van der Waals surface area contributed by atoms with Gasteiger partial charge in [-0.2, -0.15) is 0 Å². The summed E-state index contributed by atoms with van der Waals surface area (Å²) in [6, 6.07) is 14.8. The molecule has 0 spiro atoms. The first-order chi connectivity index (χ1) is 15.9. The van der Waals surface area contributed by atoms with Crippen molar-refractivity contribution < 1.29 is 18.3 Å². The fourth-order valence-electron chi connectivity index (χ4n) is 4.22. The standard InChI is InChI=1S/C26H23F2N3O2/c1-16-4-6-23-21(11-16)25(29-22-5-3-17(2)12-24(22)33-23)30-7-9-31(10-8-30)26(32)18-13-19(27)15-20(28)14-18/h3-6,11-15H,7-10H2,1-2H3. The molecule has 2 aliphatic rings. The number of halogens is 2. The molecule has 2 aliphatic heterocycles. The van der Waals surface area contributed by atoms with E-state index in [4.69, 9.17) is 9.73 Å². The van der Waals surface area contributed by atoms with E-state index < -0.39 is 11.6 Å². The van der Waals surface area contributed by atoms with Gasteiger partial charge in [0.05, 0.1) is 5.56 Å². The van der Waals surface area contributed by atoms with Gasteiger partial charge in [-0.3, -0.25) is 4.79 Å². The second kappa shape index (κ2) is 8.31. The number of ether oxygens (including phenoxy) is 1. The maximum atomic E-state index is 13.6. The van der Waals surface area contributed by atoms with E-state index in [0.717, 1.165) is 52.2 Å². The number of benzene rings is 3. The molecule has 168 valence electrons. The largest absolute Gasteiger partial charge is 0.454 e. The third-order valence-electron chi connectivity index (χ3n) is 5.91. The zero-order chi connectivity index (χ0) is 23.1. The fourth-order valence-corrected chi connectivity index (χ4v) is 4.22. The normalized spacial score (nSPS) is 15.2. The van der Waals surface area contributed by atoms with E-state index in [9.17, 15) is 13.6 Å². The molecule has 1 amide bonds. The third kappa shape index (κ3) is 4.18. The van der Waals surface area contributed by atoms with Crippen LogP contribution in [0.4, 0.5) is 14.5 Å². The molecule has 0 atom stereocenters. The van der Waals surface area contributed by atoms with Crippen molar-refractivity contribution in [3.8, 4) is 11.5 Å². The van der Waals surface area contributed by atoms with Crippen LogP contribution < -0.4 is 4.74 Å². The summed E-state index contributed by atoms with van der Waals surface area (Å²) in [5.74, 6) is 0.335. The average molecular weight is 447 g/mol. The van der Waals surface area contributed by atoms with Crippen LogP contribution in [-0.4, -0.2) is 47.7 Å². The zero-order valence-corrected chi connectivity index (χ0v) is 18.4. The van der Waals surface area contributed by atoms with E-state index in [1.54, 1.807) is 4.90 Å². The lowest BCUT2D eigenvalue weighted by Crippen LogP contribution is -2.50. The minimum absolute atomic E-state index is 0.0198. The lowest BCUT2D eigenvalue weighted by atomic mass is 10.1. The molecule has 1 saturated heterocycles. The van der Waals surface area contributed by atoms with Gasteiger partial charge in [-0.15, -0.1) is 0 Å². The molecule has 3 aromatic carbocycles. The third-order valence-corrected chi connectivity index (χ3v) is 5.91. The number of aryl methyl sites for hydroxylation is 2. The molecule has 1 fully saturated rings. The summed E-state index contributed by atoms with van der Waals surface area (Å²) >= 11 is 0. The number of amides is 1. The predicted octanol–water partition coefficient (Wildman–Crippen LogP) is 5.22. The minimum Gasteiger partial charge on any atom is -0.454 e. The quantitative estimate of drug-likeness (QED) is 0.514. The summed E-state index contributed by atoms with van der Waals surface area (Å²) in [5.41, 5.74) is 3.84. The van der Waals surface area contributed by atoms with Gasteiger partial charge in [0.1, 0.15) is 28.9 Å². The van der Waals surface area contributed by atoms with Gasteiger partial charge >= 0.3 is 0 Å². The molecule has 0 radical (unpaired) electrons. The number of hydrogen-bond donors (Lipinski definition) is 0. The van der Waals surface area contributed by atoms with Crippen molar-refractivity contribution in [1.82, 2.24) is 9.80 Å². The first kappa shape index (κ1) is 21.1. The van der Waals surface area contributed by atoms with Crippen molar-refractivity contribution in [3.63, 3.8) is 0 Å². The molecule has 7 heteroatoms. The first-order valence-electron chi connectivity index (χ1n) is 10.9. The lowest BCUT2D eigenvalue weighted by Gasteiger charge is -2.36. The van der Waals surface area contributed by atoms with Crippen LogP contribution >= 0.6 is 0 Å². The Morgan fingerprint density at radius 3 is 2.24 bits per heavy atom. The first-order valence-corrected chi connectivity index (χ1v) is 10.9. The van der Waals surface area contributed by atoms with Crippen LogP contribution in [0.2, 0.25) is 0 Å². The van der Waals surface area contributed by atoms with Crippen LogP contribution in [-0.2, 0) is 0 Å². The van der Waals surface area contributed by atoms with Gasteiger partial charge in [0.2, 0.25) is 0 Å². The number of amidine groups is 1. The van der Waals surface area contributed by atoms with Gasteiger partial charge in [-0.05, 0) is 55.8 Å². The Morgan fingerprint density at radius 1 is 0.848 bits per heavy atom. The Hall–Kier alpha value is -3.74. The van der Waals surface area contributed by atoms with Crippen molar-refractivity contribution >= 4 is 17.4 Å². The van der Waals surface area contributed by atoms with E-state index in [2.05, 4.69) is 11.0 Å². The van der Waals surface area contributed by atoms with Crippen molar-refractivity contribution in [3.05, 3.63) is 88.5 Å².